The van der Waals surface area contributed by atoms with Gasteiger partial charge in [0.25, 0.3) is 5.78 Å². The lowest BCUT2D eigenvalue weighted by atomic mass is 10.1. The summed E-state index contributed by atoms with van der Waals surface area (Å²) in [5.41, 5.74) is 3.27. The molecule has 0 bridgehead atoms. The van der Waals surface area contributed by atoms with Gasteiger partial charge < -0.3 is 9.88 Å². The van der Waals surface area contributed by atoms with Crippen molar-refractivity contribution in [2.24, 2.45) is 0 Å². The van der Waals surface area contributed by atoms with Crippen LogP contribution in [0.4, 0.5) is 5.82 Å². The van der Waals surface area contributed by atoms with Crippen molar-refractivity contribution in [1.82, 2.24) is 29.1 Å². The van der Waals surface area contributed by atoms with Crippen LogP contribution in [-0.4, -0.2) is 29.1 Å². The van der Waals surface area contributed by atoms with Gasteiger partial charge in [0.15, 0.2) is 0 Å². The van der Waals surface area contributed by atoms with Gasteiger partial charge in [-0.2, -0.15) is 14.6 Å². The molecule has 0 unspecified atom stereocenters. The zero-order valence-corrected chi connectivity index (χ0v) is 14.2. The number of fused-ring (bicyclic) bond motifs is 1. The number of benzene rings is 1. The molecular formula is C18H19N7. The lowest BCUT2D eigenvalue weighted by molar-refractivity contribution is 0.806. The van der Waals surface area contributed by atoms with Gasteiger partial charge in [-0.25, -0.2) is 9.97 Å². The summed E-state index contributed by atoms with van der Waals surface area (Å²) in [5, 5.41) is 7.69. The number of imidazole rings is 1. The van der Waals surface area contributed by atoms with E-state index in [0.717, 1.165) is 17.2 Å². The van der Waals surface area contributed by atoms with Crippen LogP contribution >= 0.6 is 0 Å². The van der Waals surface area contributed by atoms with Crippen molar-refractivity contribution in [2.75, 3.05) is 5.32 Å². The van der Waals surface area contributed by atoms with E-state index in [9.17, 15) is 0 Å². The third-order valence-corrected chi connectivity index (χ3v) is 4.08. The third-order valence-electron chi connectivity index (χ3n) is 4.08. The first kappa shape index (κ1) is 15.3. The SMILES string of the molecule is CC(C)c1cc(NCc2ccc(-n3ccnc3)cc2)n2ncnc2n1. The fourth-order valence-corrected chi connectivity index (χ4v) is 2.64. The van der Waals surface area contributed by atoms with Crippen LogP contribution in [0.1, 0.15) is 31.0 Å². The van der Waals surface area contributed by atoms with Crippen molar-refractivity contribution in [2.45, 2.75) is 26.3 Å². The second kappa shape index (κ2) is 6.35. The van der Waals surface area contributed by atoms with Gasteiger partial charge in [-0.1, -0.05) is 26.0 Å². The predicted molar refractivity (Wildman–Crippen MR) is 95.8 cm³/mol. The highest BCUT2D eigenvalue weighted by molar-refractivity contribution is 5.46. The minimum absolute atomic E-state index is 0.330. The van der Waals surface area contributed by atoms with Crippen molar-refractivity contribution in [3.63, 3.8) is 0 Å². The molecule has 0 spiro atoms. The Balaban J connectivity index is 1.55. The molecule has 0 fully saturated rings. The average Bonchev–Trinajstić information content (AvgIpc) is 3.31. The maximum Gasteiger partial charge on any atom is 0.254 e. The second-order valence-electron chi connectivity index (χ2n) is 6.18. The summed E-state index contributed by atoms with van der Waals surface area (Å²) >= 11 is 0. The van der Waals surface area contributed by atoms with Crippen molar-refractivity contribution in [3.05, 3.63) is 66.6 Å². The number of anilines is 1. The molecule has 1 N–H and O–H groups in total. The minimum atomic E-state index is 0.330. The van der Waals surface area contributed by atoms with E-state index in [2.05, 4.69) is 63.5 Å². The van der Waals surface area contributed by atoms with Gasteiger partial charge in [0.05, 0.1) is 12.0 Å². The Hall–Kier alpha value is -3.22. The molecule has 25 heavy (non-hydrogen) atoms. The fourth-order valence-electron chi connectivity index (χ4n) is 2.64. The summed E-state index contributed by atoms with van der Waals surface area (Å²) in [6, 6.07) is 10.4. The Kier molecular flexibility index (Phi) is 3.89. The molecule has 0 saturated heterocycles. The summed E-state index contributed by atoms with van der Waals surface area (Å²) in [7, 11) is 0. The fraction of sp³-hybridized carbons (Fsp3) is 0.222. The predicted octanol–water partition coefficient (Wildman–Crippen LogP) is 3.05. The number of nitrogens with one attached hydrogen (secondary N) is 1. The van der Waals surface area contributed by atoms with E-state index >= 15 is 0 Å². The highest BCUT2D eigenvalue weighted by Crippen LogP contribution is 2.18. The van der Waals surface area contributed by atoms with Gasteiger partial charge in [0, 0.05) is 30.7 Å². The molecule has 0 amide bonds. The maximum atomic E-state index is 4.53. The van der Waals surface area contributed by atoms with Crippen molar-refractivity contribution >= 4 is 11.6 Å². The summed E-state index contributed by atoms with van der Waals surface area (Å²) in [6.07, 6.45) is 7.02. The van der Waals surface area contributed by atoms with Gasteiger partial charge in [0.2, 0.25) is 0 Å². The maximum absolute atomic E-state index is 4.53. The molecule has 0 aliphatic heterocycles. The van der Waals surface area contributed by atoms with Crippen LogP contribution in [0, 0.1) is 0 Å². The quantitative estimate of drug-likeness (QED) is 0.608. The smallest absolute Gasteiger partial charge is 0.254 e. The molecule has 0 saturated carbocycles. The van der Waals surface area contributed by atoms with Gasteiger partial charge in [0.1, 0.15) is 12.1 Å². The van der Waals surface area contributed by atoms with Crippen LogP contribution in [0.15, 0.2) is 55.4 Å². The number of hydrogen-bond donors (Lipinski definition) is 1. The largest absolute Gasteiger partial charge is 0.366 e. The normalized spacial score (nSPS) is 11.3. The first-order valence-corrected chi connectivity index (χ1v) is 8.22. The van der Waals surface area contributed by atoms with Gasteiger partial charge in [-0.15, -0.1) is 0 Å². The number of aromatic nitrogens is 6. The zero-order valence-electron chi connectivity index (χ0n) is 14.2. The van der Waals surface area contributed by atoms with E-state index in [0.29, 0.717) is 18.2 Å². The standard InChI is InChI=1S/C18H19N7/c1-13(2)16-9-17(25-18(23-16)21-11-22-25)20-10-14-3-5-15(6-4-14)24-8-7-19-12-24/h3-9,11-13,20H,10H2,1-2H3. The topological polar surface area (TPSA) is 72.9 Å². The van der Waals surface area contributed by atoms with E-state index < -0.39 is 0 Å². The molecule has 7 heteroatoms. The monoisotopic (exact) mass is 333 g/mol. The number of hydrogen-bond acceptors (Lipinski definition) is 5. The minimum Gasteiger partial charge on any atom is -0.366 e. The lowest BCUT2D eigenvalue weighted by Gasteiger charge is -2.12. The average molecular weight is 333 g/mol. The highest BCUT2D eigenvalue weighted by atomic mass is 15.3. The molecule has 0 radical (unpaired) electrons. The molecule has 3 heterocycles. The summed E-state index contributed by atoms with van der Waals surface area (Å²) in [6.45, 7) is 4.93. The summed E-state index contributed by atoms with van der Waals surface area (Å²) < 4.78 is 3.71. The van der Waals surface area contributed by atoms with Crippen molar-refractivity contribution in [3.8, 4) is 5.69 Å². The molecule has 0 aliphatic carbocycles. The Morgan fingerprint density at radius 3 is 2.72 bits per heavy atom. The van der Waals surface area contributed by atoms with Crippen LogP contribution < -0.4 is 5.32 Å². The second-order valence-corrected chi connectivity index (χ2v) is 6.18. The Morgan fingerprint density at radius 1 is 1.16 bits per heavy atom. The molecule has 4 aromatic rings. The number of nitrogens with zero attached hydrogens (tertiary/aromatic N) is 6. The molecule has 0 atom stereocenters. The Bertz CT molecular complexity index is 969. The van der Waals surface area contributed by atoms with E-state index in [1.165, 1.54) is 11.9 Å². The first-order chi connectivity index (χ1) is 12.2. The molecular weight excluding hydrogens is 314 g/mol. The number of rotatable bonds is 5. The highest BCUT2D eigenvalue weighted by Gasteiger charge is 2.10. The van der Waals surface area contributed by atoms with Crippen molar-refractivity contribution in [1.29, 1.82) is 0 Å². The molecule has 1 aromatic carbocycles. The molecule has 7 nitrogen and oxygen atoms in total. The van der Waals surface area contributed by atoms with Gasteiger partial charge >= 0.3 is 0 Å². The zero-order chi connectivity index (χ0) is 17.2. The molecule has 0 aliphatic rings. The molecule has 126 valence electrons. The molecule has 3 aromatic heterocycles. The van der Waals surface area contributed by atoms with E-state index in [1.807, 2.05) is 16.8 Å². The van der Waals surface area contributed by atoms with Crippen LogP contribution in [0.3, 0.4) is 0 Å². The van der Waals surface area contributed by atoms with Crippen LogP contribution in [0.2, 0.25) is 0 Å². The van der Waals surface area contributed by atoms with Crippen molar-refractivity contribution < 1.29 is 0 Å². The molecule has 4 rings (SSSR count). The van der Waals surface area contributed by atoms with Gasteiger partial charge in [-0.3, -0.25) is 0 Å². The Labute approximate surface area is 145 Å². The van der Waals surface area contributed by atoms with E-state index in [4.69, 9.17) is 0 Å². The lowest BCUT2D eigenvalue weighted by Crippen LogP contribution is -2.08. The third kappa shape index (κ3) is 3.08. The van der Waals surface area contributed by atoms with Gasteiger partial charge in [-0.05, 0) is 23.6 Å². The van der Waals surface area contributed by atoms with Crippen LogP contribution in [0.5, 0.6) is 0 Å². The summed E-state index contributed by atoms with van der Waals surface area (Å²) in [5.74, 6) is 1.84. The van der Waals surface area contributed by atoms with Crippen LogP contribution in [0.25, 0.3) is 11.5 Å². The van der Waals surface area contributed by atoms with E-state index in [1.54, 1.807) is 17.0 Å². The van der Waals surface area contributed by atoms with Crippen LogP contribution in [-0.2, 0) is 6.54 Å². The summed E-state index contributed by atoms with van der Waals surface area (Å²) in [4.78, 5) is 12.8. The Morgan fingerprint density at radius 2 is 2.00 bits per heavy atom. The first-order valence-electron chi connectivity index (χ1n) is 8.22. The van der Waals surface area contributed by atoms with E-state index in [-0.39, 0.29) is 0 Å².